The molecular weight excluding hydrogens is 352 g/mol. The zero-order valence-electron chi connectivity index (χ0n) is 15.5. The molecule has 1 saturated heterocycles. The van der Waals surface area contributed by atoms with Gasteiger partial charge in [-0.05, 0) is 63.3 Å². The van der Waals surface area contributed by atoms with Crippen LogP contribution in [0.5, 0.6) is 0 Å². The van der Waals surface area contributed by atoms with Crippen LogP contribution in [0.3, 0.4) is 0 Å². The van der Waals surface area contributed by atoms with Gasteiger partial charge < -0.3 is 10.2 Å². The summed E-state index contributed by atoms with van der Waals surface area (Å²) in [6.07, 6.45) is 1.48. The molecule has 1 aromatic rings. The summed E-state index contributed by atoms with van der Waals surface area (Å²) >= 11 is 0. The number of hydrogen-bond acceptors (Lipinski definition) is 4. The molecule has 1 N–H and O–H groups in total. The van der Waals surface area contributed by atoms with Gasteiger partial charge in [0.25, 0.3) is 0 Å². The van der Waals surface area contributed by atoms with Crippen molar-refractivity contribution in [1.29, 1.82) is 0 Å². The molecule has 0 spiro atoms. The highest BCUT2D eigenvalue weighted by Gasteiger charge is 2.58. The minimum atomic E-state index is -3.08. The molecule has 1 atom stereocenters. The molecule has 7 heteroatoms. The van der Waals surface area contributed by atoms with E-state index in [1.807, 2.05) is 39.0 Å². The first kappa shape index (κ1) is 18.9. The number of nitrogens with zero attached hydrogens (tertiary/aromatic N) is 1. The lowest BCUT2D eigenvalue weighted by Gasteiger charge is -2.30. The topological polar surface area (TPSA) is 83.6 Å². The second-order valence-electron chi connectivity index (χ2n) is 7.56. The Hall–Kier alpha value is -1.89. The Balaban J connectivity index is 1.76. The summed E-state index contributed by atoms with van der Waals surface area (Å²) < 4.78 is 23.5. The van der Waals surface area contributed by atoms with E-state index < -0.39 is 15.3 Å². The van der Waals surface area contributed by atoms with E-state index in [2.05, 4.69) is 5.32 Å². The van der Waals surface area contributed by atoms with Gasteiger partial charge in [0, 0.05) is 18.3 Å². The molecule has 2 aliphatic rings. The highest BCUT2D eigenvalue weighted by molar-refractivity contribution is 7.91. The number of carbonyl (C=O) groups is 2. The third kappa shape index (κ3) is 3.63. The maximum absolute atomic E-state index is 13.1. The summed E-state index contributed by atoms with van der Waals surface area (Å²) in [6.45, 7) is 6.17. The third-order valence-corrected chi connectivity index (χ3v) is 7.07. The predicted octanol–water partition coefficient (Wildman–Crippen LogP) is 2.06. The smallest absolute Gasteiger partial charge is 0.240 e. The van der Waals surface area contributed by atoms with E-state index in [1.165, 1.54) is 0 Å². The largest absolute Gasteiger partial charge is 0.338 e. The molecule has 0 aromatic heterocycles. The predicted molar refractivity (Wildman–Crippen MR) is 101 cm³/mol. The minimum Gasteiger partial charge on any atom is -0.338 e. The number of sulfone groups is 1. The number of amides is 2. The molecule has 3 rings (SSSR count). The molecule has 1 aromatic carbocycles. The van der Waals surface area contributed by atoms with E-state index in [0.717, 1.165) is 11.1 Å². The van der Waals surface area contributed by atoms with Crippen molar-refractivity contribution >= 4 is 27.3 Å². The number of aryl methyl sites for hydroxylation is 2. The van der Waals surface area contributed by atoms with E-state index in [1.54, 1.807) is 4.90 Å². The first-order valence-electron chi connectivity index (χ1n) is 9.08. The number of nitrogens with one attached hydrogen (secondary N) is 1. The molecule has 1 heterocycles. The highest BCUT2D eigenvalue weighted by atomic mass is 32.2. The maximum Gasteiger partial charge on any atom is 0.240 e. The van der Waals surface area contributed by atoms with Crippen LogP contribution in [0.4, 0.5) is 5.69 Å². The lowest BCUT2D eigenvalue weighted by atomic mass is 10.0. The number of rotatable bonds is 5. The first-order chi connectivity index (χ1) is 12.2. The van der Waals surface area contributed by atoms with Crippen LogP contribution in [-0.4, -0.2) is 49.2 Å². The van der Waals surface area contributed by atoms with Crippen LogP contribution in [0.2, 0.25) is 0 Å². The van der Waals surface area contributed by atoms with Crippen LogP contribution in [0.1, 0.15) is 37.3 Å². The molecule has 2 amide bonds. The van der Waals surface area contributed by atoms with Gasteiger partial charge in [0.2, 0.25) is 11.8 Å². The van der Waals surface area contributed by atoms with Gasteiger partial charge in [0.15, 0.2) is 9.84 Å². The molecule has 0 bridgehead atoms. The average Bonchev–Trinajstić information content (AvgIpc) is 3.27. The van der Waals surface area contributed by atoms with Crippen LogP contribution in [0.15, 0.2) is 18.2 Å². The van der Waals surface area contributed by atoms with Crippen molar-refractivity contribution in [3.63, 3.8) is 0 Å². The van der Waals surface area contributed by atoms with Crippen LogP contribution in [0, 0.1) is 19.3 Å². The van der Waals surface area contributed by atoms with Crippen LogP contribution >= 0.6 is 0 Å². The van der Waals surface area contributed by atoms with Gasteiger partial charge >= 0.3 is 0 Å². The summed E-state index contributed by atoms with van der Waals surface area (Å²) in [5, 5.41) is 2.89. The minimum absolute atomic E-state index is 0.00134. The van der Waals surface area contributed by atoms with Gasteiger partial charge in [0.05, 0.1) is 11.5 Å². The molecule has 0 radical (unpaired) electrons. The Morgan fingerprint density at radius 2 is 1.81 bits per heavy atom. The van der Waals surface area contributed by atoms with Crippen molar-refractivity contribution in [2.24, 2.45) is 5.41 Å². The van der Waals surface area contributed by atoms with Crippen LogP contribution in [0.25, 0.3) is 0 Å². The summed E-state index contributed by atoms with van der Waals surface area (Å²) in [4.78, 5) is 27.5. The van der Waals surface area contributed by atoms with Gasteiger partial charge in [0.1, 0.15) is 5.41 Å². The molecule has 1 aliphatic carbocycles. The van der Waals surface area contributed by atoms with Crippen LogP contribution < -0.4 is 5.32 Å². The van der Waals surface area contributed by atoms with Gasteiger partial charge in [-0.3, -0.25) is 9.59 Å². The summed E-state index contributed by atoms with van der Waals surface area (Å²) in [5.41, 5.74) is 1.74. The van der Waals surface area contributed by atoms with Gasteiger partial charge in [-0.1, -0.05) is 6.07 Å². The molecular formula is C19H26N2O4S. The molecule has 142 valence electrons. The normalized spacial score (nSPS) is 22.7. The van der Waals surface area contributed by atoms with E-state index in [-0.39, 0.29) is 29.4 Å². The standard InChI is InChI=1S/C19H26N2O4S/c1-4-21(16-5-8-26(24,25)12-16)18(23)19(6-7-19)17(22)20-15-10-13(2)9-14(3)11-15/h9-11,16H,4-8,12H2,1-3H3,(H,20,22). The molecule has 2 fully saturated rings. The summed E-state index contributed by atoms with van der Waals surface area (Å²) in [6, 6.07) is 5.47. The summed E-state index contributed by atoms with van der Waals surface area (Å²) in [7, 11) is -3.08. The quantitative estimate of drug-likeness (QED) is 0.795. The van der Waals surface area contributed by atoms with E-state index in [9.17, 15) is 18.0 Å². The van der Waals surface area contributed by atoms with Crippen LogP contribution in [-0.2, 0) is 19.4 Å². The molecule has 1 unspecified atom stereocenters. The Morgan fingerprint density at radius 1 is 1.19 bits per heavy atom. The fourth-order valence-corrected chi connectivity index (χ4v) is 5.56. The molecule has 6 nitrogen and oxygen atoms in total. The SMILES string of the molecule is CCN(C(=O)C1(C(=O)Nc2cc(C)cc(C)c2)CC1)C1CCS(=O)(=O)C1. The van der Waals surface area contributed by atoms with Crippen molar-refractivity contribution in [2.45, 2.75) is 46.1 Å². The van der Waals surface area contributed by atoms with E-state index in [4.69, 9.17) is 0 Å². The first-order valence-corrected chi connectivity index (χ1v) is 10.9. The van der Waals surface area contributed by atoms with Gasteiger partial charge in [-0.2, -0.15) is 0 Å². The fourth-order valence-electron chi connectivity index (χ4n) is 3.82. The average molecular weight is 378 g/mol. The van der Waals surface area contributed by atoms with Gasteiger partial charge in [-0.25, -0.2) is 8.42 Å². The summed E-state index contributed by atoms with van der Waals surface area (Å²) in [5.74, 6) is -0.402. The number of anilines is 1. The monoisotopic (exact) mass is 378 g/mol. The number of benzene rings is 1. The molecule has 1 aliphatic heterocycles. The van der Waals surface area contributed by atoms with Crippen molar-refractivity contribution in [2.75, 3.05) is 23.4 Å². The van der Waals surface area contributed by atoms with Crippen molar-refractivity contribution in [3.8, 4) is 0 Å². The second kappa shape index (κ2) is 6.68. The zero-order valence-corrected chi connectivity index (χ0v) is 16.4. The molecule has 1 saturated carbocycles. The van der Waals surface area contributed by atoms with E-state index in [0.29, 0.717) is 31.5 Å². The number of carbonyl (C=O) groups excluding carboxylic acids is 2. The van der Waals surface area contributed by atoms with E-state index >= 15 is 0 Å². The third-order valence-electron chi connectivity index (χ3n) is 5.32. The van der Waals surface area contributed by atoms with Crippen molar-refractivity contribution in [3.05, 3.63) is 29.3 Å². The Bertz CT molecular complexity index is 823. The van der Waals surface area contributed by atoms with Crippen molar-refractivity contribution < 1.29 is 18.0 Å². The zero-order chi connectivity index (χ0) is 19.1. The second-order valence-corrected chi connectivity index (χ2v) is 9.79. The fraction of sp³-hybridized carbons (Fsp3) is 0.579. The lowest BCUT2D eigenvalue weighted by Crippen LogP contribution is -2.48. The maximum atomic E-state index is 13.1. The Morgan fingerprint density at radius 3 is 2.27 bits per heavy atom. The Kier molecular flexibility index (Phi) is 4.86. The van der Waals surface area contributed by atoms with Gasteiger partial charge in [-0.15, -0.1) is 0 Å². The van der Waals surface area contributed by atoms with Crippen molar-refractivity contribution in [1.82, 2.24) is 4.90 Å². The highest BCUT2D eigenvalue weighted by Crippen LogP contribution is 2.48. The lowest BCUT2D eigenvalue weighted by molar-refractivity contribution is -0.143. The Labute approximate surface area is 154 Å². The molecule has 26 heavy (non-hydrogen) atoms. The number of hydrogen-bond donors (Lipinski definition) is 1.